The molecule has 0 unspecified atom stereocenters. The fourth-order valence-electron chi connectivity index (χ4n) is 2.90. The maximum Gasteiger partial charge on any atom is 0.294 e. The van der Waals surface area contributed by atoms with Gasteiger partial charge in [-0.1, -0.05) is 29.4 Å². The molecule has 0 spiro atoms. The van der Waals surface area contributed by atoms with E-state index in [1.54, 1.807) is 18.3 Å². The Morgan fingerprint density at radius 3 is 2.68 bits per heavy atom. The molecule has 3 heterocycles. The summed E-state index contributed by atoms with van der Waals surface area (Å²) >= 11 is 0. The summed E-state index contributed by atoms with van der Waals surface area (Å²) in [7, 11) is 0. The first-order valence-corrected chi connectivity index (χ1v) is 8.50. The van der Waals surface area contributed by atoms with E-state index in [4.69, 9.17) is 8.94 Å². The predicted molar refractivity (Wildman–Crippen MR) is 101 cm³/mol. The first-order valence-electron chi connectivity index (χ1n) is 8.50. The van der Waals surface area contributed by atoms with Crippen molar-refractivity contribution in [2.24, 2.45) is 0 Å². The lowest BCUT2D eigenvalue weighted by Crippen LogP contribution is -2.10. The summed E-state index contributed by atoms with van der Waals surface area (Å²) < 4.78 is 10.7. The summed E-state index contributed by atoms with van der Waals surface area (Å²) in [6, 6.07) is 16.4. The Kier molecular flexibility index (Phi) is 3.72. The third-order valence-corrected chi connectivity index (χ3v) is 4.26. The Labute approximate surface area is 158 Å². The normalized spacial score (nSPS) is 11.0. The van der Waals surface area contributed by atoms with Crippen LogP contribution in [-0.2, 0) is 0 Å². The van der Waals surface area contributed by atoms with Gasteiger partial charge >= 0.3 is 0 Å². The molecule has 2 aromatic carbocycles. The minimum Gasteiger partial charge on any atom is -0.436 e. The molecule has 1 amide bonds. The van der Waals surface area contributed by atoms with Crippen LogP contribution in [0, 0.1) is 0 Å². The third kappa shape index (κ3) is 2.82. The Morgan fingerprint density at radius 2 is 1.89 bits per heavy atom. The number of carbonyl (C=O) groups is 1. The number of para-hydroxylation sites is 2. The first kappa shape index (κ1) is 16.0. The van der Waals surface area contributed by atoms with Crippen LogP contribution in [0.1, 0.15) is 10.6 Å². The molecule has 5 aromatic rings. The van der Waals surface area contributed by atoms with E-state index in [2.05, 4.69) is 25.7 Å². The van der Waals surface area contributed by atoms with E-state index in [9.17, 15) is 4.79 Å². The highest BCUT2D eigenvalue weighted by Crippen LogP contribution is 2.32. The maximum absolute atomic E-state index is 12.0. The zero-order valence-electron chi connectivity index (χ0n) is 14.4. The number of nitrogens with zero attached hydrogens (tertiary/aromatic N) is 3. The van der Waals surface area contributed by atoms with E-state index < -0.39 is 0 Å². The van der Waals surface area contributed by atoms with Gasteiger partial charge in [0.1, 0.15) is 5.52 Å². The van der Waals surface area contributed by atoms with E-state index in [1.807, 2.05) is 36.4 Å². The number of anilines is 1. The second-order valence-corrected chi connectivity index (χ2v) is 6.05. The number of hydrogen-bond donors (Lipinski definition) is 2. The van der Waals surface area contributed by atoms with Crippen LogP contribution in [0.5, 0.6) is 0 Å². The highest BCUT2D eigenvalue weighted by molar-refractivity contribution is 6.02. The molecule has 0 atom stereocenters. The molecule has 5 rings (SSSR count). The summed E-state index contributed by atoms with van der Waals surface area (Å²) in [6.45, 7) is 0. The smallest absolute Gasteiger partial charge is 0.294 e. The van der Waals surface area contributed by atoms with Crippen LogP contribution < -0.4 is 5.32 Å². The van der Waals surface area contributed by atoms with E-state index in [0.717, 1.165) is 27.9 Å². The average molecular weight is 371 g/mol. The van der Waals surface area contributed by atoms with Gasteiger partial charge in [0.25, 0.3) is 5.91 Å². The van der Waals surface area contributed by atoms with Gasteiger partial charge in [-0.15, -0.1) is 0 Å². The van der Waals surface area contributed by atoms with Gasteiger partial charge in [-0.2, -0.15) is 5.10 Å². The van der Waals surface area contributed by atoms with Crippen LogP contribution in [-0.4, -0.2) is 26.2 Å². The average Bonchev–Trinajstić information content (AvgIpc) is 3.48. The molecule has 28 heavy (non-hydrogen) atoms. The number of H-pyrrole nitrogens is 1. The first-order chi connectivity index (χ1) is 13.8. The molecule has 0 saturated carbocycles. The molecule has 0 bridgehead atoms. The molecule has 8 heteroatoms. The number of rotatable bonds is 4. The molecule has 0 aliphatic carbocycles. The van der Waals surface area contributed by atoms with Gasteiger partial charge in [0.15, 0.2) is 5.58 Å². The number of amides is 1. The Bertz CT molecular complexity index is 1220. The number of aromatic amines is 1. The van der Waals surface area contributed by atoms with Crippen LogP contribution in [0.2, 0.25) is 0 Å². The molecule has 8 nitrogen and oxygen atoms in total. The minimum absolute atomic E-state index is 0.149. The lowest BCUT2D eigenvalue weighted by Gasteiger charge is -2.05. The van der Waals surface area contributed by atoms with E-state index in [1.165, 1.54) is 12.3 Å². The van der Waals surface area contributed by atoms with Crippen molar-refractivity contribution >= 4 is 22.7 Å². The zero-order chi connectivity index (χ0) is 18.9. The van der Waals surface area contributed by atoms with Crippen molar-refractivity contribution in [1.82, 2.24) is 20.3 Å². The van der Waals surface area contributed by atoms with Gasteiger partial charge in [0.05, 0.1) is 23.7 Å². The standard InChI is InChI=1S/C20H13N5O3/c26-19(17-9-10-22-28-17)23-13-7-5-12(6-8-13)18-14(11-21-25-18)20-24-15-3-1-2-4-16(15)27-20/h1-11H,(H,21,25)(H,23,26). The molecule has 0 saturated heterocycles. The summed E-state index contributed by atoms with van der Waals surface area (Å²) in [6.07, 6.45) is 3.10. The summed E-state index contributed by atoms with van der Waals surface area (Å²) in [5.74, 6) is 0.280. The Morgan fingerprint density at radius 1 is 1.04 bits per heavy atom. The van der Waals surface area contributed by atoms with E-state index in [-0.39, 0.29) is 11.7 Å². The van der Waals surface area contributed by atoms with Gasteiger partial charge in [0.2, 0.25) is 11.7 Å². The molecule has 0 aliphatic heterocycles. The second-order valence-electron chi connectivity index (χ2n) is 6.05. The van der Waals surface area contributed by atoms with Crippen molar-refractivity contribution in [3.8, 4) is 22.7 Å². The van der Waals surface area contributed by atoms with Gasteiger partial charge in [-0.05, 0) is 24.3 Å². The summed E-state index contributed by atoms with van der Waals surface area (Å²) in [5.41, 5.74) is 4.56. The van der Waals surface area contributed by atoms with Crippen LogP contribution in [0.15, 0.2) is 75.9 Å². The lowest BCUT2D eigenvalue weighted by atomic mass is 10.1. The topological polar surface area (TPSA) is 110 Å². The van der Waals surface area contributed by atoms with Crippen LogP contribution in [0.4, 0.5) is 5.69 Å². The van der Waals surface area contributed by atoms with Crippen molar-refractivity contribution < 1.29 is 13.7 Å². The largest absolute Gasteiger partial charge is 0.436 e. The van der Waals surface area contributed by atoms with Crippen molar-refractivity contribution in [1.29, 1.82) is 0 Å². The van der Waals surface area contributed by atoms with Crippen molar-refractivity contribution in [2.45, 2.75) is 0 Å². The molecular formula is C20H13N5O3. The highest BCUT2D eigenvalue weighted by Gasteiger charge is 2.16. The number of aromatic nitrogens is 4. The Balaban J connectivity index is 1.43. The molecule has 3 aromatic heterocycles. The number of carbonyl (C=O) groups excluding carboxylic acids is 1. The van der Waals surface area contributed by atoms with Gasteiger partial charge in [0, 0.05) is 17.3 Å². The molecule has 136 valence electrons. The molecule has 2 N–H and O–H groups in total. The SMILES string of the molecule is O=C(Nc1ccc(-c2[nH]ncc2-c2nc3ccccc3o2)cc1)c1ccno1. The van der Waals surface area contributed by atoms with Crippen LogP contribution in [0.3, 0.4) is 0 Å². The fraction of sp³-hybridized carbons (Fsp3) is 0. The summed E-state index contributed by atoms with van der Waals surface area (Å²) in [4.78, 5) is 16.6. The van der Waals surface area contributed by atoms with Gasteiger partial charge in [-0.3, -0.25) is 9.89 Å². The molecule has 0 radical (unpaired) electrons. The molecular weight excluding hydrogens is 358 g/mol. The lowest BCUT2D eigenvalue weighted by molar-refractivity contribution is 0.0988. The number of fused-ring (bicyclic) bond motifs is 1. The number of hydrogen-bond acceptors (Lipinski definition) is 6. The predicted octanol–water partition coefficient (Wildman–Crippen LogP) is 4.13. The van der Waals surface area contributed by atoms with Crippen molar-refractivity contribution in [3.63, 3.8) is 0 Å². The Hall–Kier alpha value is -4.20. The molecule has 0 aliphatic rings. The highest BCUT2D eigenvalue weighted by atomic mass is 16.5. The molecule has 0 fully saturated rings. The third-order valence-electron chi connectivity index (χ3n) is 4.26. The number of benzene rings is 2. The number of oxazole rings is 1. The monoisotopic (exact) mass is 371 g/mol. The van der Waals surface area contributed by atoms with Crippen molar-refractivity contribution in [2.75, 3.05) is 5.32 Å². The van der Waals surface area contributed by atoms with Crippen molar-refractivity contribution in [3.05, 3.63) is 72.8 Å². The van der Waals surface area contributed by atoms with E-state index >= 15 is 0 Å². The summed E-state index contributed by atoms with van der Waals surface area (Å²) in [5, 5.41) is 13.4. The quantitative estimate of drug-likeness (QED) is 0.492. The van der Waals surface area contributed by atoms with E-state index in [0.29, 0.717) is 11.6 Å². The van der Waals surface area contributed by atoms with Crippen LogP contribution in [0.25, 0.3) is 33.8 Å². The van der Waals surface area contributed by atoms with Crippen LogP contribution >= 0.6 is 0 Å². The van der Waals surface area contributed by atoms with Gasteiger partial charge < -0.3 is 14.3 Å². The fourth-order valence-corrected chi connectivity index (χ4v) is 2.90. The number of nitrogens with one attached hydrogen (secondary N) is 2. The second kappa shape index (κ2) is 6.51. The minimum atomic E-state index is -0.362. The van der Waals surface area contributed by atoms with Gasteiger partial charge in [-0.25, -0.2) is 4.98 Å². The maximum atomic E-state index is 12.0. The zero-order valence-corrected chi connectivity index (χ0v) is 14.4.